The van der Waals surface area contributed by atoms with Crippen LogP contribution in [0.5, 0.6) is 0 Å². The zero-order valence-electron chi connectivity index (χ0n) is 12.0. The summed E-state index contributed by atoms with van der Waals surface area (Å²) in [4.78, 5) is 5.28. The lowest BCUT2D eigenvalue weighted by atomic mass is 10.1. The summed E-state index contributed by atoms with van der Waals surface area (Å²) < 4.78 is 3.86. The van der Waals surface area contributed by atoms with Gasteiger partial charge in [0.05, 0.1) is 23.2 Å². The molecule has 0 aliphatic carbocycles. The Morgan fingerprint density at radius 3 is 2.77 bits per heavy atom. The fourth-order valence-electron chi connectivity index (χ4n) is 1.75. The highest BCUT2D eigenvalue weighted by molar-refractivity contribution is 14.0. The van der Waals surface area contributed by atoms with E-state index in [9.17, 15) is 0 Å². The van der Waals surface area contributed by atoms with Gasteiger partial charge >= 0.3 is 0 Å². The van der Waals surface area contributed by atoms with Crippen LogP contribution < -0.4 is 11.1 Å². The quantitative estimate of drug-likeness (QED) is 0.402. The van der Waals surface area contributed by atoms with E-state index in [4.69, 9.17) is 28.9 Å². The molecule has 2 aromatic rings. The molecule has 2 rings (SSSR count). The highest BCUT2D eigenvalue weighted by Gasteiger charge is 2.11. The van der Waals surface area contributed by atoms with Gasteiger partial charge in [0.25, 0.3) is 0 Å². The second-order valence-corrected chi connectivity index (χ2v) is 6.20. The van der Waals surface area contributed by atoms with Gasteiger partial charge in [-0.1, -0.05) is 33.8 Å². The number of aryl methyl sites for hydroxylation is 1. The highest BCUT2D eigenvalue weighted by Crippen LogP contribution is 2.25. The van der Waals surface area contributed by atoms with Gasteiger partial charge in [-0.3, -0.25) is 0 Å². The minimum absolute atomic E-state index is 0. The van der Waals surface area contributed by atoms with Crippen molar-refractivity contribution in [2.45, 2.75) is 26.4 Å². The molecule has 0 radical (unpaired) electrons. The number of aromatic nitrogens is 2. The fraction of sp³-hybridized carbons (Fsp3) is 0.308. The molecule has 3 N–H and O–H groups in total. The topological polar surface area (TPSA) is 76.2 Å². The van der Waals surface area contributed by atoms with E-state index in [1.807, 2.05) is 19.9 Å². The van der Waals surface area contributed by atoms with Gasteiger partial charge in [0.2, 0.25) is 0 Å². The van der Waals surface area contributed by atoms with Crippen molar-refractivity contribution < 1.29 is 0 Å². The summed E-state index contributed by atoms with van der Waals surface area (Å²) in [5.41, 5.74) is 7.68. The molecule has 1 atom stereocenters. The molecule has 9 heteroatoms. The smallest absolute Gasteiger partial charge is 0.189 e. The maximum atomic E-state index is 6.17. The van der Waals surface area contributed by atoms with Crippen LogP contribution in [0.1, 0.15) is 29.1 Å². The first kappa shape index (κ1) is 19.4. The van der Waals surface area contributed by atoms with Crippen LogP contribution in [0.4, 0.5) is 0 Å². The summed E-state index contributed by atoms with van der Waals surface area (Å²) in [5, 5.41) is 8.23. The average molecular weight is 472 g/mol. The average Bonchev–Trinajstić information content (AvgIpc) is 2.81. The summed E-state index contributed by atoms with van der Waals surface area (Å²) in [6.07, 6.45) is 0. The summed E-state index contributed by atoms with van der Waals surface area (Å²) in [5.74, 6) is 0.348. The van der Waals surface area contributed by atoms with Gasteiger partial charge in [0.1, 0.15) is 0 Å². The molecule has 1 aromatic carbocycles. The van der Waals surface area contributed by atoms with Gasteiger partial charge in [-0.25, -0.2) is 4.99 Å². The van der Waals surface area contributed by atoms with Crippen LogP contribution >= 0.6 is 58.7 Å². The van der Waals surface area contributed by atoms with E-state index in [1.165, 1.54) is 11.5 Å². The van der Waals surface area contributed by atoms with Gasteiger partial charge in [-0.05, 0) is 43.1 Å². The molecule has 1 heterocycles. The first-order chi connectivity index (χ1) is 9.97. The van der Waals surface area contributed by atoms with Gasteiger partial charge in [0.15, 0.2) is 5.96 Å². The maximum Gasteiger partial charge on any atom is 0.189 e. The van der Waals surface area contributed by atoms with Gasteiger partial charge < -0.3 is 11.1 Å². The lowest BCUT2D eigenvalue weighted by Crippen LogP contribution is -2.33. The van der Waals surface area contributed by atoms with E-state index in [1.54, 1.807) is 12.1 Å². The molecule has 22 heavy (non-hydrogen) atoms. The van der Waals surface area contributed by atoms with Crippen LogP contribution in [0.2, 0.25) is 10.0 Å². The molecule has 120 valence electrons. The fourth-order valence-corrected chi connectivity index (χ4v) is 2.88. The Bertz CT molecular complexity index is 662. The van der Waals surface area contributed by atoms with E-state index in [0.29, 0.717) is 22.5 Å². The molecule has 1 aromatic heterocycles. The molecule has 0 aliphatic heterocycles. The molecule has 0 amide bonds. The minimum atomic E-state index is -0.0702. The highest BCUT2D eigenvalue weighted by atomic mass is 127. The van der Waals surface area contributed by atoms with Crippen molar-refractivity contribution in [3.8, 4) is 0 Å². The molecular weight excluding hydrogens is 456 g/mol. The summed E-state index contributed by atoms with van der Waals surface area (Å²) in [6.45, 7) is 4.31. The molecule has 5 nitrogen and oxygen atoms in total. The standard InChI is InChI=1S/C13H15Cl2N5S.HI/c1-7(10-4-3-9(14)5-11(10)15)18-13(16)17-6-12-8(2)19-20-21-12;/h3-5,7H,6H2,1-2H3,(H3,16,17,18);1H. The van der Waals surface area contributed by atoms with Crippen LogP contribution in [0.25, 0.3) is 0 Å². The van der Waals surface area contributed by atoms with Crippen molar-refractivity contribution in [1.29, 1.82) is 0 Å². The number of nitrogens with one attached hydrogen (secondary N) is 1. The molecule has 0 saturated carbocycles. The molecule has 0 fully saturated rings. The lowest BCUT2D eigenvalue weighted by molar-refractivity contribution is 0.708. The second-order valence-electron chi connectivity index (χ2n) is 4.51. The number of benzene rings is 1. The number of hydrogen-bond acceptors (Lipinski definition) is 4. The lowest BCUT2D eigenvalue weighted by Gasteiger charge is -2.16. The Labute approximate surface area is 160 Å². The van der Waals surface area contributed by atoms with Crippen LogP contribution in [-0.4, -0.2) is 15.5 Å². The Morgan fingerprint density at radius 1 is 1.45 bits per heavy atom. The zero-order valence-corrected chi connectivity index (χ0v) is 16.7. The van der Waals surface area contributed by atoms with E-state index in [2.05, 4.69) is 19.9 Å². The maximum absolute atomic E-state index is 6.17. The number of halogens is 3. The molecule has 0 aliphatic rings. The number of rotatable bonds is 4. The number of aliphatic imine (C=N–C) groups is 1. The first-order valence-corrected chi connectivity index (χ1v) is 7.79. The Balaban J connectivity index is 0.00000242. The van der Waals surface area contributed by atoms with Gasteiger partial charge in [0, 0.05) is 10.0 Å². The van der Waals surface area contributed by atoms with E-state index in [0.717, 1.165) is 16.1 Å². The number of nitrogens with zero attached hydrogens (tertiary/aromatic N) is 3. The largest absolute Gasteiger partial charge is 0.370 e. The van der Waals surface area contributed by atoms with E-state index >= 15 is 0 Å². The Hall–Kier alpha value is -0.640. The number of hydrogen-bond donors (Lipinski definition) is 2. The van der Waals surface area contributed by atoms with Crippen LogP contribution in [0.3, 0.4) is 0 Å². The first-order valence-electron chi connectivity index (χ1n) is 6.26. The van der Waals surface area contributed by atoms with Crippen molar-refractivity contribution in [1.82, 2.24) is 14.9 Å². The summed E-state index contributed by atoms with van der Waals surface area (Å²) in [7, 11) is 0. The number of nitrogens with two attached hydrogens (primary N) is 1. The number of guanidine groups is 1. The van der Waals surface area contributed by atoms with Crippen molar-refractivity contribution in [3.63, 3.8) is 0 Å². The van der Waals surface area contributed by atoms with Crippen molar-refractivity contribution >= 4 is 64.7 Å². The Morgan fingerprint density at radius 2 is 2.18 bits per heavy atom. The van der Waals surface area contributed by atoms with Crippen LogP contribution in [-0.2, 0) is 6.54 Å². The van der Waals surface area contributed by atoms with Gasteiger partial charge in [-0.15, -0.1) is 29.1 Å². The molecular formula is C13H16Cl2IN5S. The van der Waals surface area contributed by atoms with Gasteiger partial charge in [-0.2, -0.15) is 0 Å². The monoisotopic (exact) mass is 471 g/mol. The van der Waals surface area contributed by atoms with Crippen LogP contribution in [0, 0.1) is 6.92 Å². The predicted octanol–water partition coefficient (Wildman–Crippen LogP) is 3.94. The van der Waals surface area contributed by atoms with Crippen molar-refractivity contribution in [2.75, 3.05) is 0 Å². The summed E-state index contributed by atoms with van der Waals surface area (Å²) >= 11 is 13.4. The third-order valence-electron chi connectivity index (χ3n) is 2.93. The van der Waals surface area contributed by atoms with E-state index < -0.39 is 0 Å². The van der Waals surface area contributed by atoms with E-state index in [-0.39, 0.29) is 30.0 Å². The second kappa shape index (κ2) is 8.85. The van der Waals surface area contributed by atoms with Crippen molar-refractivity contribution in [2.24, 2.45) is 10.7 Å². The third-order valence-corrected chi connectivity index (χ3v) is 4.30. The third kappa shape index (κ3) is 5.22. The normalized spacial score (nSPS) is 12.6. The molecule has 0 bridgehead atoms. The zero-order chi connectivity index (χ0) is 15.4. The summed E-state index contributed by atoms with van der Waals surface area (Å²) in [6, 6.07) is 5.29. The Kier molecular flexibility index (Phi) is 7.81. The predicted molar refractivity (Wildman–Crippen MR) is 103 cm³/mol. The molecule has 0 spiro atoms. The minimum Gasteiger partial charge on any atom is -0.370 e. The SMILES string of the molecule is Cc1nnsc1CN=C(N)NC(C)c1ccc(Cl)cc1Cl.I. The molecule has 0 saturated heterocycles. The van der Waals surface area contributed by atoms with Crippen molar-refractivity contribution in [3.05, 3.63) is 44.4 Å². The molecule has 1 unspecified atom stereocenters. The van der Waals surface area contributed by atoms with Crippen LogP contribution in [0.15, 0.2) is 23.2 Å².